The third-order valence-corrected chi connectivity index (χ3v) is 5.47. The molecule has 3 rings (SSSR count). The number of thioether (sulfide) groups is 1. The zero-order chi connectivity index (χ0) is 20.3. The zero-order valence-corrected chi connectivity index (χ0v) is 17.3. The lowest BCUT2D eigenvalue weighted by atomic mass is 10.1. The number of benzene rings is 2. The van der Waals surface area contributed by atoms with Crippen LogP contribution >= 0.6 is 23.4 Å². The quantitative estimate of drug-likeness (QED) is 0.676. The minimum atomic E-state index is -0.304. The van der Waals surface area contributed by atoms with E-state index in [1.807, 2.05) is 38.1 Å². The summed E-state index contributed by atoms with van der Waals surface area (Å²) in [5, 5.41) is 3.48. The van der Waals surface area contributed by atoms with Crippen LogP contribution in [0.2, 0.25) is 5.02 Å². The average molecular weight is 417 g/mol. The molecule has 146 valence electrons. The van der Waals surface area contributed by atoms with E-state index in [0.717, 1.165) is 5.56 Å². The molecule has 0 saturated heterocycles. The van der Waals surface area contributed by atoms with Gasteiger partial charge in [-0.15, -0.1) is 11.8 Å². The topological polar surface area (TPSA) is 66.5 Å². The molecule has 2 aromatic rings. The molecule has 0 fully saturated rings. The number of amides is 3. The summed E-state index contributed by atoms with van der Waals surface area (Å²) in [5.41, 5.74) is 2.34. The molecule has 0 saturated carbocycles. The van der Waals surface area contributed by atoms with E-state index >= 15 is 0 Å². The molecule has 28 heavy (non-hydrogen) atoms. The van der Waals surface area contributed by atoms with Crippen LogP contribution in [0.25, 0.3) is 0 Å². The second-order valence-electron chi connectivity index (χ2n) is 7.04. The molecule has 0 bridgehead atoms. The van der Waals surface area contributed by atoms with Gasteiger partial charge in [0.05, 0.1) is 16.9 Å². The highest BCUT2D eigenvalue weighted by molar-refractivity contribution is 7.99. The van der Waals surface area contributed by atoms with Crippen molar-refractivity contribution in [3.8, 4) is 0 Å². The van der Waals surface area contributed by atoms with Crippen LogP contribution in [0.1, 0.15) is 40.1 Å². The highest BCUT2D eigenvalue weighted by Gasteiger charge is 2.35. The number of nitrogens with one attached hydrogen (secondary N) is 1. The molecule has 2 aromatic carbocycles. The molecular formula is C21H21ClN2O3S. The molecule has 7 heteroatoms. The van der Waals surface area contributed by atoms with Crippen molar-refractivity contribution in [3.05, 3.63) is 64.2 Å². The van der Waals surface area contributed by atoms with Crippen molar-refractivity contribution < 1.29 is 14.4 Å². The molecule has 0 radical (unpaired) electrons. The molecule has 5 nitrogen and oxygen atoms in total. The SMILES string of the molecule is CC(C)CN1C(=O)c2ccc(NC(=O)CSCc3ccc(Cl)cc3)cc2C1=O. The summed E-state index contributed by atoms with van der Waals surface area (Å²) in [5.74, 6) is 0.443. The van der Waals surface area contributed by atoms with Gasteiger partial charge in [-0.05, 0) is 41.8 Å². The van der Waals surface area contributed by atoms with Crippen molar-refractivity contribution >= 4 is 46.8 Å². The van der Waals surface area contributed by atoms with Crippen molar-refractivity contribution in [2.24, 2.45) is 5.92 Å². The van der Waals surface area contributed by atoms with Gasteiger partial charge in [-0.3, -0.25) is 19.3 Å². The average Bonchev–Trinajstić information content (AvgIpc) is 2.87. The van der Waals surface area contributed by atoms with Crippen LogP contribution in [0.4, 0.5) is 5.69 Å². The molecular weight excluding hydrogens is 396 g/mol. The lowest BCUT2D eigenvalue weighted by Crippen LogP contribution is -2.33. The predicted molar refractivity (Wildman–Crippen MR) is 113 cm³/mol. The normalized spacial score (nSPS) is 13.2. The molecule has 1 aliphatic rings. The Morgan fingerprint density at radius 3 is 2.43 bits per heavy atom. The fraction of sp³-hybridized carbons (Fsp3) is 0.286. The van der Waals surface area contributed by atoms with E-state index in [1.54, 1.807) is 18.2 Å². The van der Waals surface area contributed by atoms with Gasteiger partial charge < -0.3 is 5.32 Å². The van der Waals surface area contributed by atoms with Gasteiger partial charge in [-0.1, -0.05) is 37.6 Å². The first-order valence-electron chi connectivity index (χ1n) is 8.97. The number of halogens is 1. The summed E-state index contributed by atoms with van der Waals surface area (Å²) in [6.45, 7) is 4.29. The Morgan fingerprint density at radius 1 is 1.07 bits per heavy atom. The molecule has 0 atom stereocenters. The van der Waals surface area contributed by atoms with Gasteiger partial charge in [0.2, 0.25) is 5.91 Å². The second-order valence-corrected chi connectivity index (χ2v) is 8.46. The van der Waals surface area contributed by atoms with Crippen molar-refractivity contribution in [2.45, 2.75) is 19.6 Å². The molecule has 0 spiro atoms. The highest BCUT2D eigenvalue weighted by atomic mass is 35.5. The molecule has 3 amide bonds. The first kappa shape index (κ1) is 20.4. The first-order valence-corrected chi connectivity index (χ1v) is 10.5. The third-order valence-electron chi connectivity index (χ3n) is 4.22. The van der Waals surface area contributed by atoms with Crippen molar-refractivity contribution in [1.82, 2.24) is 4.90 Å². The van der Waals surface area contributed by atoms with Crippen LogP contribution in [0, 0.1) is 5.92 Å². The van der Waals surface area contributed by atoms with E-state index in [1.165, 1.54) is 16.7 Å². The monoisotopic (exact) mass is 416 g/mol. The largest absolute Gasteiger partial charge is 0.325 e. The Kier molecular flexibility index (Phi) is 6.42. The van der Waals surface area contributed by atoms with Gasteiger partial charge in [-0.25, -0.2) is 0 Å². The summed E-state index contributed by atoms with van der Waals surface area (Å²) in [7, 11) is 0. The summed E-state index contributed by atoms with van der Waals surface area (Å²) in [4.78, 5) is 38.4. The second kappa shape index (κ2) is 8.80. The number of hydrogen-bond donors (Lipinski definition) is 1. The van der Waals surface area contributed by atoms with E-state index in [-0.39, 0.29) is 29.4 Å². The maximum atomic E-state index is 12.5. The number of carbonyl (C=O) groups excluding carboxylic acids is 3. The molecule has 0 unspecified atom stereocenters. The molecule has 1 N–H and O–H groups in total. The Hall–Kier alpha value is -2.31. The van der Waals surface area contributed by atoms with E-state index < -0.39 is 0 Å². The first-order chi connectivity index (χ1) is 13.3. The van der Waals surface area contributed by atoms with Gasteiger partial charge in [0.15, 0.2) is 0 Å². The smallest absolute Gasteiger partial charge is 0.261 e. The lowest BCUT2D eigenvalue weighted by Gasteiger charge is -2.15. The summed E-state index contributed by atoms with van der Waals surface area (Å²) >= 11 is 7.35. The number of rotatable bonds is 7. The van der Waals surface area contributed by atoms with Gasteiger partial charge in [0.25, 0.3) is 11.8 Å². The van der Waals surface area contributed by atoms with Gasteiger partial charge in [-0.2, -0.15) is 0 Å². The minimum absolute atomic E-state index is 0.158. The summed E-state index contributed by atoms with van der Waals surface area (Å²) in [6.07, 6.45) is 0. The van der Waals surface area contributed by atoms with Crippen LogP contribution in [0.15, 0.2) is 42.5 Å². The number of anilines is 1. The standard InChI is InChI=1S/C21H21ClN2O3S/c1-13(2)10-24-20(26)17-8-7-16(9-18(17)21(24)27)23-19(25)12-28-11-14-3-5-15(22)6-4-14/h3-9,13H,10-12H2,1-2H3,(H,23,25). The van der Waals surface area contributed by atoms with Crippen molar-refractivity contribution in [1.29, 1.82) is 0 Å². The van der Waals surface area contributed by atoms with E-state index in [9.17, 15) is 14.4 Å². The Balaban J connectivity index is 1.58. The van der Waals surface area contributed by atoms with Gasteiger partial charge in [0, 0.05) is 23.0 Å². The third kappa shape index (κ3) is 4.75. The maximum Gasteiger partial charge on any atom is 0.261 e. The zero-order valence-electron chi connectivity index (χ0n) is 15.7. The number of nitrogens with zero attached hydrogens (tertiary/aromatic N) is 1. The molecule has 0 aliphatic carbocycles. The predicted octanol–water partition coefficient (Wildman–Crippen LogP) is 4.46. The summed E-state index contributed by atoms with van der Waals surface area (Å²) < 4.78 is 0. The molecule has 0 aromatic heterocycles. The number of imide groups is 1. The fourth-order valence-corrected chi connectivity index (χ4v) is 3.85. The van der Waals surface area contributed by atoms with Gasteiger partial charge in [0.1, 0.15) is 0 Å². The van der Waals surface area contributed by atoms with Crippen LogP contribution in [0.5, 0.6) is 0 Å². The van der Waals surface area contributed by atoms with E-state index in [2.05, 4.69) is 5.32 Å². The Labute approximate surface area is 173 Å². The van der Waals surface area contributed by atoms with Crippen molar-refractivity contribution in [2.75, 3.05) is 17.6 Å². The van der Waals surface area contributed by atoms with Crippen LogP contribution < -0.4 is 5.32 Å². The lowest BCUT2D eigenvalue weighted by molar-refractivity contribution is -0.113. The van der Waals surface area contributed by atoms with Crippen LogP contribution in [0.3, 0.4) is 0 Å². The van der Waals surface area contributed by atoms with Gasteiger partial charge >= 0.3 is 0 Å². The minimum Gasteiger partial charge on any atom is -0.325 e. The molecule has 1 aliphatic heterocycles. The van der Waals surface area contributed by atoms with Crippen LogP contribution in [-0.2, 0) is 10.5 Å². The Morgan fingerprint density at radius 2 is 1.75 bits per heavy atom. The number of fused-ring (bicyclic) bond motifs is 1. The molecule has 1 heterocycles. The summed E-state index contributed by atoms with van der Waals surface area (Å²) in [6, 6.07) is 12.3. The Bertz CT molecular complexity index is 912. The number of hydrogen-bond acceptors (Lipinski definition) is 4. The number of carbonyl (C=O) groups is 3. The maximum absolute atomic E-state index is 12.5. The van der Waals surface area contributed by atoms with E-state index in [4.69, 9.17) is 11.6 Å². The van der Waals surface area contributed by atoms with Crippen LogP contribution in [-0.4, -0.2) is 34.9 Å². The van der Waals surface area contributed by atoms with Crippen molar-refractivity contribution in [3.63, 3.8) is 0 Å². The fourth-order valence-electron chi connectivity index (χ4n) is 2.94. The highest BCUT2D eigenvalue weighted by Crippen LogP contribution is 2.26. The van der Waals surface area contributed by atoms with E-state index in [0.29, 0.717) is 34.1 Å².